The second kappa shape index (κ2) is 16.8. The number of benzene rings is 14. The van der Waals surface area contributed by atoms with Crippen molar-refractivity contribution >= 4 is 97.7 Å². The highest BCUT2D eigenvalue weighted by molar-refractivity contribution is 6.26. The van der Waals surface area contributed by atoms with Gasteiger partial charge in [-0.05, 0) is 123 Å². The van der Waals surface area contributed by atoms with Gasteiger partial charge in [-0.3, -0.25) is 0 Å². The van der Waals surface area contributed by atoms with Gasteiger partial charge in [0, 0.05) is 43.8 Å². The Morgan fingerprint density at radius 1 is 0.197 bits per heavy atom. The summed E-state index contributed by atoms with van der Waals surface area (Å²) in [6.07, 6.45) is 0. The van der Waals surface area contributed by atoms with Crippen LogP contribution in [-0.2, 0) is 0 Å². The molecule has 0 saturated heterocycles. The van der Waals surface area contributed by atoms with Gasteiger partial charge in [0.15, 0.2) is 0 Å². The molecular weight excluding hydrogens is 921 g/mol. The molecule has 14 aromatic carbocycles. The van der Waals surface area contributed by atoms with E-state index in [1.165, 1.54) is 109 Å². The van der Waals surface area contributed by atoms with Crippen molar-refractivity contribution in [3.8, 4) is 66.8 Å². The van der Waals surface area contributed by atoms with E-state index in [9.17, 15) is 0 Å². The van der Waals surface area contributed by atoms with Crippen LogP contribution in [0.15, 0.2) is 276 Å². The molecule has 2 nitrogen and oxygen atoms in total. The van der Waals surface area contributed by atoms with Crippen LogP contribution in [0.2, 0.25) is 0 Å². The van der Waals surface area contributed by atoms with E-state index in [2.05, 4.69) is 255 Å². The zero-order valence-corrected chi connectivity index (χ0v) is 41.2. The van der Waals surface area contributed by atoms with Gasteiger partial charge in [0.05, 0.1) is 0 Å². The minimum Gasteiger partial charge on any atom is -0.455 e. The summed E-state index contributed by atoms with van der Waals surface area (Å²) < 4.78 is 13.4. The Hall–Kier alpha value is -10.0. The second-order valence-corrected chi connectivity index (χ2v) is 20.1. The lowest BCUT2D eigenvalue weighted by atomic mass is 9.84. The van der Waals surface area contributed by atoms with Gasteiger partial charge in [-0.15, -0.1) is 0 Å². The van der Waals surface area contributed by atoms with E-state index in [0.717, 1.165) is 55.0 Å². The van der Waals surface area contributed by atoms with Crippen molar-refractivity contribution in [2.24, 2.45) is 0 Å². The second-order valence-electron chi connectivity index (χ2n) is 20.1. The van der Waals surface area contributed by atoms with Gasteiger partial charge >= 0.3 is 0 Å². The SMILES string of the molecule is c1cc(-c2c3ccccc3c(-c3cccc4c3oc3ccccc34)c3ccccc23)cc(-c2cccc3cccc(-c4cccc(-c5c6ccccc6c(-c6cccc7c6oc6ccccc67)c6ccccc56)c4)c23)c1. The first-order chi connectivity index (χ1) is 37.7. The molecule has 16 aromatic rings. The quantitative estimate of drug-likeness (QED) is 0.155. The number of fused-ring (bicyclic) bond motifs is 11. The molecular formula is C74H44O2. The monoisotopic (exact) mass is 964 g/mol. The van der Waals surface area contributed by atoms with Crippen LogP contribution < -0.4 is 0 Å². The van der Waals surface area contributed by atoms with Gasteiger partial charge in [-0.1, -0.05) is 243 Å². The smallest absolute Gasteiger partial charge is 0.143 e. The van der Waals surface area contributed by atoms with E-state index in [1.807, 2.05) is 12.1 Å². The highest BCUT2D eigenvalue weighted by atomic mass is 16.3. The van der Waals surface area contributed by atoms with Crippen LogP contribution in [0, 0.1) is 0 Å². The van der Waals surface area contributed by atoms with E-state index in [0.29, 0.717) is 0 Å². The lowest BCUT2D eigenvalue weighted by Crippen LogP contribution is -1.92. The molecule has 352 valence electrons. The third kappa shape index (κ3) is 6.35. The molecule has 0 aliphatic heterocycles. The third-order valence-electron chi connectivity index (χ3n) is 16.0. The lowest BCUT2D eigenvalue weighted by molar-refractivity contribution is 0.669. The molecule has 0 spiro atoms. The Bertz CT molecular complexity index is 4640. The molecule has 0 unspecified atom stereocenters. The molecule has 76 heavy (non-hydrogen) atoms. The summed E-state index contributed by atoms with van der Waals surface area (Å²) in [7, 11) is 0. The molecule has 0 amide bonds. The summed E-state index contributed by atoms with van der Waals surface area (Å²) in [4.78, 5) is 0. The summed E-state index contributed by atoms with van der Waals surface area (Å²) in [5.41, 5.74) is 17.7. The summed E-state index contributed by atoms with van der Waals surface area (Å²) in [5.74, 6) is 0. The fourth-order valence-corrected chi connectivity index (χ4v) is 12.9. The molecule has 2 aromatic heterocycles. The lowest BCUT2D eigenvalue weighted by Gasteiger charge is -2.19. The first-order valence-corrected chi connectivity index (χ1v) is 26.1. The Morgan fingerprint density at radius 3 is 0.882 bits per heavy atom. The normalized spacial score (nSPS) is 11.9. The van der Waals surface area contributed by atoms with Crippen molar-refractivity contribution in [1.82, 2.24) is 0 Å². The maximum atomic E-state index is 6.69. The largest absolute Gasteiger partial charge is 0.455 e. The molecule has 2 heterocycles. The zero-order valence-electron chi connectivity index (χ0n) is 41.2. The maximum absolute atomic E-state index is 6.69. The molecule has 0 aliphatic rings. The molecule has 0 radical (unpaired) electrons. The van der Waals surface area contributed by atoms with Crippen LogP contribution in [0.4, 0.5) is 0 Å². The Balaban J connectivity index is 0.862. The van der Waals surface area contributed by atoms with Crippen molar-refractivity contribution in [2.75, 3.05) is 0 Å². The van der Waals surface area contributed by atoms with Gasteiger partial charge in [0.25, 0.3) is 0 Å². The van der Waals surface area contributed by atoms with Crippen LogP contribution in [-0.4, -0.2) is 0 Å². The molecule has 0 atom stereocenters. The number of hydrogen-bond donors (Lipinski definition) is 0. The molecule has 16 rings (SSSR count). The molecule has 0 bridgehead atoms. The molecule has 0 aliphatic carbocycles. The first-order valence-electron chi connectivity index (χ1n) is 26.1. The summed E-state index contributed by atoms with van der Waals surface area (Å²) in [5, 5.41) is 16.6. The number of para-hydroxylation sites is 4. The van der Waals surface area contributed by atoms with Crippen molar-refractivity contribution in [3.05, 3.63) is 267 Å². The fraction of sp³-hybridized carbons (Fsp3) is 0. The molecule has 0 saturated carbocycles. The fourth-order valence-electron chi connectivity index (χ4n) is 12.9. The van der Waals surface area contributed by atoms with Crippen LogP contribution in [0.1, 0.15) is 0 Å². The number of rotatable bonds is 6. The highest BCUT2D eigenvalue weighted by Crippen LogP contribution is 2.50. The number of hydrogen-bond acceptors (Lipinski definition) is 2. The van der Waals surface area contributed by atoms with E-state index >= 15 is 0 Å². The van der Waals surface area contributed by atoms with E-state index < -0.39 is 0 Å². The van der Waals surface area contributed by atoms with Crippen molar-refractivity contribution in [3.63, 3.8) is 0 Å². The molecule has 2 heteroatoms. The van der Waals surface area contributed by atoms with Gasteiger partial charge in [0.1, 0.15) is 22.3 Å². The van der Waals surface area contributed by atoms with Crippen molar-refractivity contribution in [1.29, 1.82) is 0 Å². The van der Waals surface area contributed by atoms with Gasteiger partial charge in [-0.25, -0.2) is 0 Å². The Labute approximate surface area is 437 Å². The van der Waals surface area contributed by atoms with Crippen molar-refractivity contribution in [2.45, 2.75) is 0 Å². The van der Waals surface area contributed by atoms with E-state index in [1.54, 1.807) is 0 Å². The Morgan fingerprint density at radius 2 is 0.487 bits per heavy atom. The standard InChI is InChI=1S/C74H44O2/c1-5-31-58-54(27-1)69(55-28-2-6-32-59(55)71(58)64-39-17-37-62-52-25-9-11-41-66(52)75-73(62)64)48-23-13-21-46(43-48)50-35-15-19-45-20-16-36-51(68(45)50)47-22-14-24-49(44-47)70-56-29-3-7-33-60(56)72(61-34-8-4-30-57(61)70)65-40-18-38-63-53-26-10-12-42-67(53)76-74(63)65/h1-44H. The molecule has 0 N–H and O–H groups in total. The van der Waals surface area contributed by atoms with Gasteiger partial charge in [-0.2, -0.15) is 0 Å². The zero-order chi connectivity index (χ0) is 49.8. The van der Waals surface area contributed by atoms with Gasteiger partial charge in [0.2, 0.25) is 0 Å². The van der Waals surface area contributed by atoms with Crippen LogP contribution in [0.3, 0.4) is 0 Å². The van der Waals surface area contributed by atoms with E-state index in [4.69, 9.17) is 8.83 Å². The predicted octanol–water partition coefficient (Wildman–Crippen LogP) is 21.3. The van der Waals surface area contributed by atoms with Gasteiger partial charge < -0.3 is 8.83 Å². The average Bonchev–Trinajstić information content (AvgIpc) is 4.14. The summed E-state index contributed by atoms with van der Waals surface area (Å²) in [6.45, 7) is 0. The predicted molar refractivity (Wildman–Crippen MR) is 321 cm³/mol. The topological polar surface area (TPSA) is 26.3 Å². The average molecular weight is 965 g/mol. The van der Waals surface area contributed by atoms with Crippen LogP contribution in [0.25, 0.3) is 165 Å². The summed E-state index contributed by atoms with van der Waals surface area (Å²) in [6, 6.07) is 97.3. The summed E-state index contributed by atoms with van der Waals surface area (Å²) >= 11 is 0. The minimum atomic E-state index is 0.901. The third-order valence-corrected chi connectivity index (χ3v) is 16.0. The number of furan rings is 2. The highest BCUT2D eigenvalue weighted by Gasteiger charge is 2.23. The molecule has 0 fully saturated rings. The first kappa shape index (κ1) is 42.5. The van der Waals surface area contributed by atoms with E-state index in [-0.39, 0.29) is 0 Å². The maximum Gasteiger partial charge on any atom is 0.143 e. The Kier molecular flexibility index (Phi) is 9.37. The minimum absolute atomic E-state index is 0.901. The van der Waals surface area contributed by atoms with Crippen molar-refractivity contribution < 1.29 is 8.83 Å². The van der Waals surface area contributed by atoms with Crippen LogP contribution >= 0.6 is 0 Å². The van der Waals surface area contributed by atoms with Crippen LogP contribution in [0.5, 0.6) is 0 Å².